The molecule has 1 aliphatic rings. The van der Waals surface area contributed by atoms with E-state index in [1.165, 1.54) is 11.4 Å². The number of benzene rings is 2. The number of hydrogen-bond acceptors (Lipinski definition) is 5. The molecule has 0 aromatic heterocycles. The van der Waals surface area contributed by atoms with E-state index in [9.17, 15) is 13.2 Å². The molecular formula is C18H21ClN2O4S. The quantitative estimate of drug-likeness (QED) is 0.634. The fourth-order valence-electron chi connectivity index (χ4n) is 3.10. The zero-order chi connectivity index (χ0) is 18.0. The second-order valence-electron chi connectivity index (χ2n) is 5.97. The number of rotatable bonds is 4. The van der Waals surface area contributed by atoms with Gasteiger partial charge in [-0.3, -0.25) is 4.31 Å². The maximum absolute atomic E-state index is 12.9. The third-order valence-electron chi connectivity index (χ3n) is 4.28. The molecule has 0 spiro atoms. The van der Waals surface area contributed by atoms with Crippen molar-refractivity contribution in [1.82, 2.24) is 0 Å². The molecule has 6 nitrogen and oxygen atoms in total. The summed E-state index contributed by atoms with van der Waals surface area (Å²) in [6.07, 6.45) is 1.49. The summed E-state index contributed by atoms with van der Waals surface area (Å²) in [5.74, 6) is -0.679. The fraction of sp³-hybridized carbons (Fsp3) is 0.278. The first-order valence-corrected chi connectivity index (χ1v) is 9.58. The predicted molar refractivity (Wildman–Crippen MR) is 104 cm³/mol. The molecule has 2 aromatic rings. The summed E-state index contributed by atoms with van der Waals surface area (Å²) in [6, 6.07) is 11.8. The molecule has 0 saturated heterocycles. The van der Waals surface area contributed by atoms with Crippen LogP contribution >= 0.6 is 12.4 Å². The van der Waals surface area contributed by atoms with Crippen LogP contribution in [0.4, 0.5) is 11.4 Å². The van der Waals surface area contributed by atoms with Crippen LogP contribution in [0.5, 0.6) is 0 Å². The van der Waals surface area contributed by atoms with Gasteiger partial charge in [-0.25, -0.2) is 13.2 Å². The van der Waals surface area contributed by atoms with Crippen LogP contribution < -0.4 is 10.0 Å². The number of nitrogen functional groups attached to an aromatic ring is 1. The van der Waals surface area contributed by atoms with Crippen LogP contribution in [0, 0.1) is 0 Å². The molecule has 0 bridgehead atoms. The summed E-state index contributed by atoms with van der Waals surface area (Å²) < 4.78 is 32.0. The summed E-state index contributed by atoms with van der Waals surface area (Å²) in [7, 11) is -2.30. The highest BCUT2D eigenvalue weighted by molar-refractivity contribution is 7.92. The Morgan fingerprint density at radius 2 is 1.96 bits per heavy atom. The molecule has 3 rings (SSSR count). The first kappa shape index (κ1) is 20.1. The number of anilines is 2. The Morgan fingerprint density at radius 1 is 1.23 bits per heavy atom. The van der Waals surface area contributed by atoms with Crippen LogP contribution in [-0.2, 0) is 26.9 Å². The molecule has 140 valence electrons. The second-order valence-corrected chi connectivity index (χ2v) is 7.86. The molecule has 1 aliphatic heterocycles. The molecule has 8 heteroatoms. The van der Waals surface area contributed by atoms with E-state index in [1.807, 2.05) is 0 Å². The standard InChI is InChI=1S/C18H20N2O4S.ClH/c1-24-18(21)14-6-2-5-13(11-14)12-25(22,23)20-10-4-7-15-16(19)8-3-9-17(15)20;/h2-3,5-6,8-9,11H,4,7,10,12,19H2,1H3;1H. The average molecular weight is 397 g/mol. The lowest BCUT2D eigenvalue weighted by Gasteiger charge is -2.31. The smallest absolute Gasteiger partial charge is 0.337 e. The van der Waals surface area contributed by atoms with Gasteiger partial charge < -0.3 is 10.5 Å². The normalized spacial score (nSPS) is 13.5. The van der Waals surface area contributed by atoms with Crippen LogP contribution in [0.15, 0.2) is 42.5 Å². The minimum absolute atomic E-state index is 0. The van der Waals surface area contributed by atoms with Crippen LogP contribution in [-0.4, -0.2) is 28.0 Å². The van der Waals surface area contributed by atoms with Crippen molar-refractivity contribution in [2.24, 2.45) is 0 Å². The molecule has 2 aromatic carbocycles. The zero-order valence-electron chi connectivity index (χ0n) is 14.3. The van der Waals surface area contributed by atoms with Gasteiger partial charge in [0.1, 0.15) is 0 Å². The summed E-state index contributed by atoms with van der Waals surface area (Å²) in [6.45, 7) is 0.426. The summed E-state index contributed by atoms with van der Waals surface area (Å²) >= 11 is 0. The van der Waals surface area contributed by atoms with Crippen LogP contribution in [0.1, 0.15) is 27.9 Å². The number of nitrogens with zero attached hydrogens (tertiary/aromatic N) is 1. The average Bonchev–Trinajstić information content (AvgIpc) is 2.61. The number of halogens is 1. The molecule has 0 aliphatic carbocycles. The molecule has 0 unspecified atom stereocenters. The number of fused-ring (bicyclic) bond motifs is 1. The largest absolute Gasteiger partial charge is 0.465 e. The van der Waals surface area contributed by atoms with E-state index in [0.29, 0.717) is 29.0 Å². The zero-order valence-corrected chi connectivity index (χ0v) is 16.0. The lowest BCUT2D eigenvalue weighted by Crippen LogP contribution is -2.36. The Labute approximate surface area is 159 Å². The van der Waals surface area contributed by atoms with Gasteiger partial charge in [-0.15, -0.1) is 12.4 Å². The first-order valence-electron chi connectivity index (χ1n) is 7.97. The maximum Gasteiger partial charge on any atom is 0.337 e. The van der Waals surface area contributed by atoms with Crippen molar-refractivity contribution in [2.75, 3.05) is 23.7 Å². The Balaban J connectivity index is 0.00000243. The van der Waals surface area contributed by atoms with Crippen molar-refractivity contribution < 1.29 is 17.9 Å². The van der Waals surface area contributed by atoms with E-state index in [-0.39, 0.29) is 18.2 Å². The number of esters is 1. The lowest BCUT2D eigenvalue weighted by atomic mass is 10.0. The Hall–Kier alpha value is -2.25. The van der Waals surface area contributed by atoms with Crippen molar-refractivity contribution >= 4 is 39.8 Å². The van der Waals surface area contributed by atoms with Gasteiger partial charge in [-0.2, -0.15) is 0 Å². The highest BCUT2D eigenvalue weighted by Gasteiger charge is 2.28. The summed E-state index contributed by atoms with van der Waals surface area (Å²) in [5.41, 5.74) is 9.01. The van der Waals surface area contributed by atoms with Crippen molar-refractivity contribution in [2.45, 2.75) is 18.6 Å². The number of carbonyl (C=O) groups excluding carboxylic acids is 1. The third kappa shape index (κ3) is 3.94. The van der Waals surface area contributed by atoms with E-state index < -0.39 is 16.0 Å². The van der Waals surface area contributed by atoms with Gasteiger partial charge in [0, 0.05) is 12.2 Å². The Kier molecular flexibility index (Phi) is 6.15. The maximum atomic E-state index is 12.9. The van der Waals surface area contributed by atoms with Gasteiger partial charge in [-0.1, -0.05) is 18.2 Å². The van der Waals surface area contributed by atoms with Gasteiger partial charge in [0.05, 0.1) is 24.1 Å². The summed E-state index contributed by atoms with van der Waals surface area (Å²) in [5, 5.41) is 0. The topological polar surface area (TPSA) is 89.7 Å². The van der Waals surface area contributed by atoms with E-state index >= 15 is 0 Å². The minimum Gasteiger partial charge on any atom is -0.465 e. The van der Waals surface area contributed by atoms with Crippen molar-refractivity contribution in [3.05, 3.63) is 59.2 Å². The molecule has 0 radical (unpaired) electrons. The van der Waals surface area contributed by atoms with Crippen LogP contribution in [0.2, 0.25) is 0 Å². The van der Waals surface area contributed by atoms with Crippen LogP contribution in [0.25, 0.3) is 0 Å². The molecule has 2 N–H and O–H groups in total. The van der Waals surface area contributed by atoms with E-state index in [1.54, 1.807) is 42.5 Å². The monoisotopic (exact) mass is 396 g/mol. The number of carbonyl (C=O) groups is 1. The number of ether oxygens (including phenoxy) is 1. The van der Waals surface area contributed by atoms with Gasteiger partial charge in [-0.05, 0) is 48.2 Å². The van der Waals surface area contributed by atoms with E-state index in [0.717, 1.165) is 18.4 Å². The molecule has 0 saturated carbocycles. The second kappa shape index (κ2) is 7.97. The summed E-state index contributed by atoms with van der Waals surface area (Å²) in [4.78, 5) is 11.6. The SMILES string of the molecule is COC(=O)c1cccc(CS(=O)(=O)N2CCCc3c(N)cccc32)c1.Cl. The van der Waals surface area contributed by atoms with E-state index in [2.05, 4.69) is 4.74 Å². The molecule has 0 amide bonds. The molecule has 0 fully saturated rings. The van der Waals surface area contributed by atoms with E-state index in [4.69, 9.17) is 5.73 Å². The number of sulfonamides is 1. The number of hydrogen-bond donors (Lipinski definition) is 1. The van der Waals surface area contributed by atoms with Crippen LogP contribution in [0.3, 0.4) is 0 Å². The van der Waals surface area contributed by atoms with Gasteiger partial charge >= 0.3 is 5.97 Å². The number of nitrogens with two attached hydrogens (primary N) is 1. The van der Waals surface area contributed by atoms with Crippen molar-refractivity contribution in [3.63, 3.8) is 0 Å². The molecule has 1 heterocycles. The van der Waals surface area contributed by atoms with Gasteiger partial charge in [0.2, 0.25) is 10.0 Å². The fourth-order valence-corrected chi connectivity index (χ4v) is 4.74. The van der Waals surface area contributed by atoms with Gasteiger partial charge in [0.15, 0.2) is 0 Å². The lowest BCUT2D eigenvalue weighted by molar-refractivity contribution is 0.0600. The highest BCUT2D eigenvalue weighted by Crippen LogP contribution is 2.33. The first-order chi connectivity index (χ1) is 11.9. The molecular weight excluding hydrogens is 376 g/mol. The molecule has 0 atom stereocenters. The Morgan fingerprint density at radius 3 is 2.69 bits per heavy atom. The van der Waals surface area contributed by atoms with Crippen molar-refractivity contribution in [3.8, 4) is 0 Å². The minimum atomic E-state index is -3.59. The number of methoxy groups -OCH3 is 1. The molecule has 26 heavy (non-hydrogen) atoms. The Bertz CT molecular complexity index is 915. The third-order valence-corrected chi connectivity index (χ3v) is 6.03. The van der Waals surface area contributed by atoms with Crippen molar-refractivity contribution in [1.29, 1.82) is 0 Å². The predicted octanol–water partition coefficient (Wildman–Crippen LogP) is 2.76. The highest BCUT2D eigenvalue weighted by atomic mass is 35.5. The van der Waals surface area contributed by atoms with Gasteiger partial charge in [0.25, 0.3) is 0 Å².